The number of thiazole rings is 1. The second kappa shape index (κ2) is 5.47. The molecule has 0 saturated heterocycles. The van der Waals surface area contributed by atoms with E-state index in [1.54, 1.807) is 0 Å². The molecule has 1 aromatic heterocycles. The van der Waals surface area contributed by atoms with Gasteiger partial charge in [0.2, 0.25) is 0 Å². The summed E-state index contributed by atoms with van der Waals surface area (Å²) in [6, 6.07) is 0. The number of aryl methyl sites for hydroxylation is 1. The summed E-state index contributed by atoms with van der Waals surface area (Å²) in [5.74, 6) is 0.542. The van der Waals surface area contributed by atoms with E-state index in [1.807, 2.05) is 11.3 Å². The van der Waals surface area contributed by atoms with Crippen molar-refractivity contribution in [2.24, 2.45) is 0 Å². The number of hydrogen-bond donors (Lipinski definition) is 1. The Hall–Kier alpha value is -0.410. The van der Waals surface area contributed by atoms with Crippen LogP contribution in [0, 0.1) is 0 Å². The van der Waals surface area contributed by atoms with E-state index in [0.717, 1.165) is 19.5 Å². The van der Waals surface area contributed by atoms with Crippen molar-refractivity contribution in [2.45, 2.75) is 46.6 Å². The molecular formula is C11H20N2S. The third-order valence-electron chi connectivity index (χ3n) is 2.16. The number of nitrogens with zero attached hydrogens (tertiary/aromatic N) is 1. The molecule has 0 fully saturated rings. The van der Waals surface area contributed by atoms with Crippen molar-refractivity contribution < 1.29 is 0 Å². The van der Waals surface area contributed by atoms with Crippen molar-refractivity contribution in [3.05, 3.63) is 15.6 Å². The molecule has 3 heteroatoms. The second-order valence-corrected chi connectivity index (χ2v) is 4.87. The van der Waals surface area contributed by atoms with Gasteiger partial charge in [0.15, 0.2) is 0 Å². The minimum atomic E-state index is 0.542. The summed E-state index contributed by atoms with van der Waals surface area (Å²) in [4.78, 5) is 6.08. The van der Waals surface area contributed by atoms with Crippen LogP contribution in [0.15, 0.2) is 0 Å². The van der Waals surface area contributed by atoms with Gasteiger partial charge >= 0.3 is 0 Å². The molecular weight excluding hydrogens is 192 g/mol. The van der Waals surface area contributed by atoms with Crippen molar-refractivity contribution in [3.63, 3.8) is 0 Å². The number of aromatic nitrogens is 1. The molecule has 0 aliphatic rings. The summed E-state index contributed by atoms with van der Waals surface area (Å²) in [6.07, 6.45) is 1.05. The molecule has 0 radical (unpaired) electrons. The van der Waals surface area contributed by atoms with Crippen LogP contribution in [0.25, 0.3) is 0 Å². The van der Waals surface area contributed by atoms with E-state index in [4.69, 9.17) is 0 Å². The zero-order chi connectivity index (χ0) is 10.6. The largest absolute Gasteiger partial charge is 0.312 e. The Labute approximate surface area is 90.8 Å². The molecule has 0 amide bonds. The molecule has 0 aromatic carbocycles. The topological polar surface area (TPSA) is 24.9 Å². The summed E-state index contributed by atoms with van der Waals surface area (Å²) < 4.78 is 0. The summed E-state index contributed by atoms with van der Waals surface area (Å²) in [5, 5.41) is 4.63. The van der Waals surface area contributed by atoms with Crippen molar-refractivity contribution in [3.8, 4) is 0 Å². The maximum Gasteiger partial charge on any atom is 0.0929 e. The zero-order valence-electron chi connectivity index (χ0n) is 9.55. The molecule has 1 rings (SSSR count). The van der Waals surface area contributed by atoms with E-state index in [0.29, 0.717) is 5.92 Å². The minimum Gasteiger partial charge on any atom is -0.312 e. The van der Waals surface area contributed by atoms with Gasteiger partial charge in [-0.3, -0.25) is 0 Å². The molecule has 2 nitrogen and oxygen atoms in total. The molecule has 1 aromatic rings. The highest BCUT2D eigenvalue weighted by molar-refractivity contribution is 7.11. The van der Waals surface area contributed by atoms with E-state index in [1.165, 1.54) is 15.6 Å². The van der Waals surface area contributed by atoms with Crippen LogP contribution in [0.5, 0.6) is 0 Å². The van der Waals surface area contributed by atoms with E-state index < -0.39 is 0 Å². The fraction of sp³-hybridized carbons (Fsp3) is 0.727. The van der Waals surface area contributed by atoms with Crippen molar-refractivity contribution >= 4 is 11.3 Å². The van der Waals surface area contributed by atoms with E-state index in [2.05, 4.69) is 38.0 Å². The third kappa shape index (κ3) is 2.79. The van der Waals surface area contributed by atoms with Gasteiger partial charge in [0, 0.05) is 11.4 Å². The molecule has 14 heavy (non-hydrogen) atoms. The van der Waals surface area contributed by atoms with Gasteiger partial charge in [0.1, 0.15) is 0 Å². The van der Waals surface area contributed by atoms with Gasteiger partial charge in [-0.15, -0.1) is 11.3 Å². The molecule has 0 unspecified atom stereocenters. The van der Waals surface area contributed by atoms with Crippen molar-refractivity contribution in [1.29, 1.82) is 0 Å². The predicted molar refractivity (Wildman–Crippen MR) is 63.0 cm³/mol. The van der Waals surface area contributed by atoms with Gasteiger partial charge < -0.3 is 5.32 Å². The highest BCUT2D eigenvalue weighted by atomic mass is 32.1. The van der Waals surface area contributed by atoms with Gasteiger partial charge in [0.25, 0.3) is 0 Å². The second-order valence-electron chi connectivity index (χ2n) is 3.70. The van der Waals surface area contributed by atoms with Crippen LogP contribution in [-0.2, 0) is 13.0 Å². The summed E-state index contributed by atoms with van der Waals surface area (Å²) in [6.45, 7) is 10.7. The number of nitrogens with one attached hydrogen (secondary N) is 1. The Kier molecular flexibility index (Phi) is 4.55. The monoisotopic (exact) mass is 212 g/mol. The maximum absolute atomic E-state index is 4.66. The first-order valence-corrected chi connectivity index (χ1v) is 6.19. The SMILES string of the molecule is CCNCc1sc(CC)nc1C(C)C. The normalized spacial score (nSPS) is 11.2. The molecule has 80 valence electrons. The van der Waals surface area contributed by atoms with Crippen LogP contribution in [-0.4, -0.2) is 11.5 Å². The molecule has 0 saturated carbocycles. The smallest absolute Gasteiger partial charge is 0.0929 e. The Morgan fingerprint density at radius 2 is 2.07 bits per heavy atom. The van der Waals surface area contributed by atoms with Crippen LogP contribution >= 0.6 is 11.3 Å². The van der Waals surface area contributed by atoms with Crippen molar-refractivity contribution in [2.75, 3.05) is 6.54 Å². The highest BCUT2D eigenvalue weighted by Crippen LogP contribution is 2.25. The summed E-state index contributed by atoms with van der Waals surface area (Å²) in [5.41, 5.74) is 1.28. The van der Waals surface area contributed by atoms with Gasteiger partial charge in [-0.1, -0.05) is 27.7 Å². The lowest BCUT2D eigenvalue weighted by molar-refractivity contribution is 0.713. The lowest BCUT2D eigenvalue weighted by Crippen LogP contribution is -2.12. The third-order valence-corrected chi connectivity index (χ3v) is 3.37. The number of hydrogen-bond acceptors (Lipinski definition) is 3. The number of rotatable bonds is 5. The lowest BCUT2D eigenvalue weighted by Gasteiger charge is -2.04. The quantitative estimate of drug-likeness (QED) is 0.811. The fourth-order valence-electron chi connectivity index (χ4n) is 1.38. The lowest BCUT2D eigenvalue weighted by atomic mass is 10.1. The van der Waals surface area contributed by atoms with Crippen molar-refractivity contribution in [1.82, 2.24) is 10.3 Å². The van der Waals surface area contributed by atoms with E-state index >= 15 is 0 Å². The Bertz CT molecular complexity index is 279. The maximum atomic E-state index is 4.66. The van der Waals surface area contributed by atoms with Crippen LogP contribution in [0.1, 0.15) is 49.2 Å². The highest BCUT2D eigenvalue weighted by Gasteiger charge is 2.12. The van der Waals surface area contributed by atoms with Gasteiger partial charge in [-0.05, 0) is 18.9 Å². The van der Waals surface area contributed by atoms with Crippen LogP contribution < -0.4 is 5.32 Å². The first-order valence-electron chi connectivity index (χ1n) is 5.38. The zero-order valence-corrected chi connectivity index (χ0v) is 10.4. The van der Waals surface area contributed by atoms with E-state index in [9.17, 15) is 0 Å². The average molecular weight is 212 g/mol. The average Bonchev–Trinajstić information content (AvgIpc) is 2.58. The molecule has 1 heterocycles. The molecule has 0 aliphatic heterocycles. The van der Waals surface area contributed by atoms with Crippen LogP contribution in [0.4, 0.5) is 0 Å². The summed E-state index contributed by atoms with van der Waals surface area (Å²) >= 11 is 1.85. The van der Waals surface area contributed by atoms with E-state index in [-0.39, 0.29) is 0 Å². The molecule has 0 bridgehead atoms. The van der Waals surface area contributed by atoms with Gasteiger partial charge in [-0.25, -0.2) is 4.98 Å². The first kappa shape index (κ1) is 11.7. The van der Waals surface area contributed by atoms with Crippen LogP contribution in [0.2, 0.25) is 0 Å². The molecule has 1 N–H and O–H groups in total. The van der Waals surface area contributed by atoms with Gasteiger partial charge in [0.05, 0.1) is 10.7 Å². The fourth-order valence-corrected chi connectivity index (χ4v) is 2.51. The van der Waals surface area contributed by atoms with Gasteiger partial charge in [-0.2, -0.15) is 0 Å². The molecule has 0 atom stereocenters. The first-order chi connectivity index (χ1) is 6.69. The molecule has 0 aliphatic carbocycles. The Morgan fingerprint density at radius 3 is 2.57 bits per heavy atom. The predicted octanol–water partition coefficient (Wildman–Crippen LogP) is 2.94. The summed E-state index contributed by atoms with van der Waals surface area (Å²) in [7, 11) is 0. The Morgan fingerprint density at radius 1 is 1.36 bits per heavy atom. The standard InChI is InChI=1S/C11H20N2S/c1-5-10-13-11(8(3)4)9(14-10)7-12-6-2/h8,12H,5-7H2,1-4H3. The Balaban J connectivity index is 2.82. The molecule has 0 spiro atoms. The minimum absolute atomic E-state index is 0.542. The van der Waals surface area contributed by atoms with Crippen LogP contribution in [0.3, 0.4) is 0 Å².